The van der Waals surface area contributed by atoms with Crippen molar-refractivity contribution in [1.29, 1.82) is 0 Å². The number of nitrogens with one attached hydrogen (secondary N) is 1. The molecule has 1 aromatic rings. The van der Waals surface area contributed by atoms with E-state index in [1.165, 1.54) is 13.2 Å². The maximum absolute atomic E-state index is 13.6. The van der Waals surface area contributed by atoms with Gasteiger partial charge < -0.3 is 14.8 Å². The lowest BCUT2D eigenvalue weighted by Crippen LogP contribution is -2.30. The fourth-order valence-electron chi connectivity index (χ4n) is 2.04. The Morgan fingerprint density at radius 3 is 2.72 bits per heavy atom. The number of ether oxygens (including phenoxy) is 2. The fraction of sp³-hybridized carbons (Fsp3) is 0.538. The Kier molecular flexibility index (Phi) is 6.22. The predicted octanol–water partition coefficient (Wildman–Crippen LogP) is 2.63. The maximum atomic E-state index is 13.6. The third kappa shape index (κ3) is 3.75. The van der Waals surface area contributed by atoms with E-state index in [2.05, 4.69) is 5.32 Å². The number of hydrogen-bond donors (Lipinski definition) is 1. The van der Waals surface area contributed by atoms with Crippen LogP contribution in [-0.2, 0) is 0 Å². The molecule has 3 nitrogen and oxygen atoms in total. The number of rotatable bonds is 4. The molecule has 0 atom stereocenters. The molecular formula is C13H19ClFNO2. The van der Waals surface area contributed by atoms with Gasteiger partial charge in [-0.2, -0.15) is 0 Å². The van der Waals surface area contributed by atoms with Gasteiger partial charge in [0.1, 0.15) is 0 Å². The molecule has 0 unspecified atom stereocenters. The average molecular weight is 276 g/mol. The molecule has 0 saturated carbocycles. The zero-order valence-corrected chi connectivity index (χ0v) is 11.3. The summed E-state index contributed by atoms with van der Waals surface area (Å²) in [6, 6.07) is 4.71. The molecule has 1 N–H and O–H groups in total. The lowest BCUT2D eigenvalue weighted by Gasteiger charge is -2.23. The smallest absolute Gasteiger partial charge is 0.197 e. The number of piperidine rings is 1. The Bertz CT molecular complexity index is 370. The minimum atomic E-state index is -0.363. The zero-order valence-electron chi connectivity index (χ0n) is 10.4. The third-order valence-electron chi connectivity index (χ3n) is 3.07. The van der Waals surface area contributed by atoms with Crippen LogP contribution < -0.4 is 14.8 Å². The van der Waals surface area contributed by atoms with E-state index in [4.69, 9.17) is 9.47 Å². The van der Waals surface area contributed by atoms with E-state index in [1.54, 1.807) is 12.1 Å². The van der Waals surface area contributed by atoms with Crippen LogP contribution in [0.5, 0.6) is 11.5 Å². The second-order valence-electron chi connectivity index (χ2n) is 4.28. The van der Waals surface area contributed by atoms with Gasteiger partial charge in [0.05, 0.1) is 13.7 Å². The third-order valence-corrected chi connectivity index (χ3v) is 3.07. The molecule has 5 heteroatoms. The summed E-state index contributed by atoms with van der Waals surface area (Å²) in [5, 5.41) is 3.29. The summed E-state index contributed by atoms with van der Waals surface area (Å²) in [6.07, 6.45) is 2.16. The summed E-state index contributed by atoms with van der Waals surface area (Å²) >= 11 is 0. The van der Waals surface area contributed by atoms with Gasteiger partial charge in [0.2, 0.25) is 0 Å². The molecule has 1 fully saturated rings. The highest BCUT2D eigenvalue weighted by Crippen LogP contribution is 2.30. The van der Waals surface area contributed by atoms with E-state index in [0.29, 0.717) is 18.3 Å². The zero-order chi connectivity index (χ0) is 12.1. The van der Waals surface area contributed by atoms with Crippen molar-refractivity contribution >= 4 is 12.4 Å². The van der Waals surface area contributed by atoms with Crippen molar-refractivity contribution in [1.82, 2.24) is 5.32 Å². The molecule has 18 heavy (non-hydrogen) atoms. The van der Waals surface area contributed by atoms with Crippen LogP contribution in [0, 0.1) is 11.7 Å². The van der Waals surface area contributed by atoms with Crippen molar-refractivity contribution < 1.29 is 13.9 Å². The first kappa shape index (κ1) is 15.1. The monoisotopic (exact) mass is 275 g/mol. The van der Waals surface area contributed by atoms with E-state index in [1.807, 2.05) is 0 Å². The minimum absolute atomic E-state index is 0. The summed E-state index contributed by atoms with van der Waals surface area (Å²) in [4.78, 5) is 0. The van der Waals surface area contributed by atoms with Gasteiger partial charge in [0.25, 0.3) is 0 Å². The number of benzene rings is 1. The Morgan fingerprint density at radius 1 is 1.33 bits per heavy atom. The predicted molar refractivity (Wildman–Crippen MR) is 71.3 cm³/mol. The van der Waals surface area contributed by atoms with Gasteiger partial charge in [-0.05, 0) is 44.0 Å². The Balaban J connectivity index is 0.00000162. The molecule has 0 amide bonds. The van der Waals surface area contributed by atoms with Gasteiger partial charge in [0, 0.05) is 0 Å². The van der Waals surface area contributed by atoms with E-state index in [9.17, 15) is 4.39 Å². The van der Waals surface area contributed by atoms with Crippen LogP contribution in [-0.4, -0.2) is 26.8 Å². The first-order chi connectivity index (χ1) is 8.31. The van der Waals surface area contributed by atoms with Crippen LogP contribution in [0.1, 0.15) is 12.8 Å². The topological polar surface area (TPSA) is 30.5 Å². The summed E-state index contributed by atoms with van der Waals surface area (Å²) in [5.74, 6) is 0.825. The summed E-state index contributed by atoms with van der Waals surface area (Å²) < 4.78 is 24.2. The van der Waals surface area contributed by atoms with Crippen molar-refractivity contribution in [3.63, 3.8) is 0 Å². The van der Waals surface area contributed by atoms with E-state index >= 15 is 0 Å². The van der Waals surface area contributed by atoms with Crippen molar-refractivity contribution in [3.05, 3.63) is 24.0 Å². The van der Waals surface area contributed by atoms with Crippen LogP contribution in [0.15, 0.2) is 18.2 Å². The summed E-state index contributed by atoms with van der Waals surface area (Å²) in [6.45, 7) is 2.59. The highest BCUT2D eigenvalue weighted by molar-refractivity contribution is 5.85. The van der Waals surface area contributed by atoms with E-state index in [0.717, 1.165) is 25.9 Å². The van der Waals surface area contributed by atoms with Gasteiger partial charge in [-0.3, -0.25) is 0 Å². The molecule has 0 aromatic heterocycles. The molecule has 102 valence electrons. The first-order valence-corrected chi connectivity index (χ1v) is 5.97. The van der Waals surface area contributed by atoms with Crippen LogP contribution in [0.2, 0.25) is 0 Å². The van der Waals surface area contributed by atoms with Gasteiger partial charge in [-0.25, -0.2) is 4.39 Å². The van der Waals surface area contributed by atoms with Gasteiger partial charge in [-0.15, -0.1) is 12.4 Å². The summed E-state index contributed by atoms with van der Waals surface area (Å²) in [5.41, 5.74) is 0. The first-order valence-electron chi connectivity index (χ1n) is 5.97. The van der Waals surface area contributed by atoms with E-state index in [-0.39, 0.29) is 24.0 Å². The molecule has 1 saturated heterocycles. The standard InChI is InChI=1S/C13H18FNO2.ClH/c1-16-12-4-2-3-11(14)13(12)17-9-10-5-7-15-8-6-10;/h2-4,10,15H,5-9H2,1H3;1H. The molecule has 2 rings (SSSR count). The largest absolute Gasteiger partial charge is 0.493 e. The van der Waals surface area contributed by atoms with Crippen molar-refractivity contribution in [3.8, 4) is 11.5 Å². The Morgan fingerprint density at radius 2 is 2.06 bits per heavy atom. The second kappa shape index (κ2) is 7.44. The summed E-state index contributed by atoms with van der Waals surface area (Å²) in [7, 11) is 1.52. The van der Waals surface area contributed by atoms with Gasteiger partial charge in [-0.1, -0.05) is 6.07 Å². The number of hydrogen-bond acceptors (Lipinski definition) is 3. The molecular weight excluding hydrogens is 257 g/mol. The van der Waals surface area contributed by atoms with Gasteiger partial charge >= 0.3 is 0 Å². The number of methoxy groups -OCH3 is 1. The molecule has 0 spiro atoms. The van der Waals surface area contributed by atoms with Crippen molar-refractivity contribution in [2.75, 3.05) is 26.8 Å². The molecule has 0 aliphatic carbocycles. The highest BCUT2D eigenvalue weighted by atomic mass is 35.5. The Hall–Kier alpha value is -1.00. The van der Waals surface area contributed by atoms with Crippen molar-refractivity contribution in [2.24, 2.45) is 5.92 Å². The molecule has 1 aliphatic heterocycles. The van der Waals surface area contributed by atoms with Gasteiger partial charge in [0.15, 0.2) is 17.3 Å². The van der Waals surface area contributed by atoms with Crippen LogP contribution in [0.25, 0.3) is 0 Å². The molecule has 1 heterocycles. The lowest BCUT2D eigenvalue weighted by molar-refractivity contribution is 0.201. The number of halogens is 2. The van der Waals surface area contributed by atoms with Crippen LogP contribution in [0.4, 0.5) is 4.39 Å². The molecule has 0 bridgehead atoms. The average Bonchev–Trinajstić information content (AvgIpc) is 2.38. The molecule has 1 aliphatic rings. The normalized spacial score (nSPS) is 15.9. The molecule has 1 aromatic carbocycles. The fourth-order valence-corrected chi connectivity index (χ4v) is 2.04. The second-order valence-corrected chi connectivity index (χ2v) is 4.28. The maximum Gasteiger partial charge on any atom is 0.197 e. The van der Waals surface area contributed by atoms with Crippen molar-refractivity contribution in [2.45, 2.75) is 12.8 Å². The quantitative estimate of drug-likeness (QED) is 0.916. The van der Waals surface area contributed by atoms with E-state index < -0.39 is 0 Å². The molecule has 0 radical (unpaired) electrons. The SMILES string of the molecule is COc1cccc(F)c1OCC1CCNCC1.Cl. The van der Waals surface area contributed by atoms with Crippen LogP contribution >= 0.6 is 12.4 Å². The lowest BCUT2D eigenvalue weighted by atomic mass is 9.99. The van der Waals surface area contributed by atoms with Crippen LogP contribution in [0.3, 0.4) is 0 Å². The highest BCUT2D eigenvalue weighted by Gasteiger charge is 2.16. The minimum Gasteiger partial charge on any atom is -0.493 e. The number of para-hydroxylation sites is 1. The Labute approximate surface area is 113 Å².